The molecule has 0 bridgehead atoms. The second-order valence-corrected chi connectivity index (χ2v) is 4.34. The standard InChI is InChI=1S/C11H16N2OS/c1-8(7-15-2)11(14)13-10-6-4-3-5-9(10)12/h3-6,8H,7,12H2,1-2H3,(H,13,14). The molecule has 15 heavy (non-hydrogen) atoms. The van der Waals surface area contributed by atoms with Crippen LogP contribution in [0.4, 0.5) is 11.4 Å². The summed E-state index contributed by atoms with van der Waals surface area (Å²) in [5.41, 5.74) is 7.01. The lowest BCUT2D eigenvalue weighted by Crippen LogP contribution is -2.22. The minimum Gasteiger partial charge on any atom is -0.397 e. The quantitative estimate of drug-likeness (QED) is 0.771. The van der Waals surface area contributed by atoms with E-state index < -0.39 is 0 Å². The lowest BCUT2D eigenvalue weighted by molar-refractivity contribution is -0.118. The number of nitrogens with one attached hydrogen (secondary N) is 1. The Morgan fingerprint density at radius 2 is 2.20 bits per heavy atom. The van der Waals surface area contributed by atoms with Crippen molar-refractivity contribution in [2.45, 2.75) is 6.92 Å². The first kappa shape index (κ1) is 11.9. The molecule has 1 amide bonds. The van der Waals surface area contributed by atoms with Crippen LogP contribution in [-0.4, -0.2) is 17.9 Å². The van der Waals surface area contributed by atoms with E-state index >= 15 is 0 Å². The molecule has 0 saturated heterocycles. The molecule has 0 fully saturated rings. The van der Waals surface area contributed by atoms with Gasteiger partial charge in [-0.3, -0.25) is 4.79 Å². The number of carbonyl (C=O) groups excluding carboxylic acids is 1. The predicted molar refractivity (Wildman–Crippen MR) is 67.0 cm³/mol. The number of para-hydroxylation sites is 2. The van der Waals surface area contributed by atoms with Crippen LogP contribution < -0.4 is 11.1 Å². The van der Waals surface area contributed by atoms with Crippen LogP contribution in [0.5, 0.6) is 0 Å². The van der Waals surface area contributed by atoms with E-state index in [0.29, 0.717) is 11.4 Å². The van der Waals surface area contributed by atoms with Crippen LogP contribution in [0.1, 0.15) is 6.92 Å². The number of hydrogen-bond acceptors (Lipinski definition) is 3. The van der Waals surface area contributed by atoms with Crippen LogP contribution in [0, 0.1) is 5.92 Å². The van der Waals surface area contributed by atoms with Crippen molar-refractivity contribution in [2.75, 3.05) is 23.1 Å². The highest BCUT2D eigenvalue weighted by Gasteiger charge is 2.12. The number of thioether (sulfide) groups is 1. The molecule has 1 rings (SSSR count). The zero-order valence-corrected chi connectivity index (χ0v) is 9.80. The van der Waals surface area contributed by atoms with Gasteiger partial charge < -0.3 is 11.1 Å². The number of rotatable bonds is 4. The van der Waals surface area contributed by atoms with Crippen molar-refractivity contribution >= 4 is 29.0 Å². The normalized spacial score (nSPS) is 12.1. The molecule has 0 spiro atoms. The van der Waals surface area contributed by atoms with E-state index in [-0.39, 0.29) is 11.8 Å². The minimum absolute atomic E-state index is 0.000365. The molecule has 0 aliphatic heterocycles. The molecule has 82 valence electrons. The number of anilines is 2. The average Bonchev–Trinajstić information content (AvgIpc) is 2.21. The van der Waals surface area contributed by atoms with Gasteiger partial charge in [-0.2, -0.15) is 11.8 Å². The van der Waals surface area contributed by atoms with Crippen molar-refractivity contribution in [3.05, 3.63) is 24.3 Å². The smallest absolute Gasteiger partial charge is 0.228 e. The topological polar surface area (TPSA) is 55.1 Å². The lowest BCUT2D eigenvalue weighted by atomic mass is 10.2. The monoisotopic (exact) mass is 224 g/mol. The van der Waals surface area contributed by atoms with Crippen LogP contribution >= 0.6 is 11.8 Å². The van der Waals surface area contributed by atoms with Gasteiger partial charge in [-0.25, -0.2) is 0 Å². The summed E-state index contributed by atoms with van der Waals surface area (Å²) in [5, 5.41) is 2.82. The average molecular weight is 224 g/mol. The zero-order valence-electron chi connectivity index (χ0n) is 8.99. The predicted octanol–water partition coefficient (Wildman–Crippen LogP) is 2.21. The Bertz CT molecular complexity index is 341. The van der Waals surface area contributed by atoms with Gasteiger partial charge in [-0.15, -0.1) is 0 Å². The zero-order chi connectivity index (χ0) is 11.3. The highest BCUT2D eigenvalue weighted by atomic mass is 32.2. The van der Waals surface area contributed by atoms with Gasteiger partial charge in [0.25, 0.3) is 0 Å². The molecule has 1 aromatic carbocycles. The Labute approximate surface area is 94.4 Å². The largest absolute Gasteiger partial charge is 0.397 e. The fraction of sp³-hybridized carbons (Fsp3) is 0.364. The second-order valence-electron chi connectivity index (χ2n) is 3.43. The van der Waals surface area contributed by atoms with Gasteiger partial charge in [0.05, 0.1) is 11.4 Å². The molecule has 0 aliphatic rings. The van der Waals surface area contributed by atoms with E-state index in [2.05, 4.69) is 5.32 Å². The van der Waals surface area contributed by atoms with Gasteiger partial charge in [0, 0.05) is 11.7 Å². The SMILES string of the molecule is CSCC(C)C(=O)Nc1ccccc1N. The van der Waals surface area contributed by atoms with Gasteiger partial charge in [0.1, 0.15) is 0 Å². The Morgan fingerprint density at radius 3 is 2.80 bits per heavy atom. The fourth-order valence-corrected chi connectivity index (χ4v) is 1.84. The molecule has 1 aromatic rings. The summed E-state index contributed by atoms with van der Waals surface area (Å²) in [6.45, 7) is 1.91. The Kier molecular flexibility index (Phi) is 4.49. The molecule has 0 aromatic heterocycles. The number of amides is 1. The summed E-state index contributed by atoms with van der Waals surface area (Å²) in [4.78, 5) is 11.7. The first-order chi connectivity index (χ1) is 7.15. The third-order valence-corrected chi connectivity index (χ3v) is 2.92. The number of benzene rings is 1. The fourth-order valence-electron chi connectivity index (χ4n) is 1.19. The van der Waals surface area contributed by atoms with Crippen molar-refractivity contribution in [3.8, 4) is 0 Å². The van der Waals surface area contributed by atoms with Crippen LogP contribution in [0.15, 0.2) is 24.3 Å². The van der Waals surface area contributed by atoms with Crippen molar-refractivity contribution < 1.29 is 4.79 Å². The van der Waals surface area contributed by atoms with Crippen LogP contribution in [0.25, 0.3) is 0 Å². The van der Waals surface area contributed by atoms with E-state index in [1.165, 1.54) is 0 Å². The number of nitrogens with two attached hydrogens (primary N) is 1. The molecular formula is C11H16N2OS. The lowest BCUT2D eigenvalue weighted by Gasteiger charge is -2.12. The van der Waals surface area contributed by atoms with Crippen molar-refractivity contribution in [3.63, 3.8) is 0 Å². The van der Waals surface area contributed by atoms with Crippen molar-refractivity contribution in [2.24, 2.45) is 5.92 Å². The highest BCUT2D eigenvalue weighted by molar-refractivity contribution is 7.98. The Morgan fingerprint density at radius 1 is 1.53 bits per heavy atom. The van der Waals surface area contributed by atoms with Gasteiger partial charge in [0.2, 0.25) is 5.91 Å². The molecule has 4 heteroatoms. The molecule has 1 unspecified atom stereocenters. The molecule has 1 atom stereocenters. The minimum atomic E-state index is -0.000365. The van der Waals surface area contributed by atoms with Crippen LogP contribution in [-0.2, 0) is 4.79 Å². The van der Waals surface area contributed by atoms with E-state index in [9.17, 15) is 4.79 Å². The van der Waals surface area contributed by atoms with Gasteiger partial charge in [-0.1, -0.05) is 19.1 Å². The second kappa shape index (κ2) is 5.66. The summed E-state index contributed by atoms with van der Waals surface area (Å²) in [5.74, 6) is 0.834. The summed E-state index contributed by atoms with van der Waals surface area (Å²) in [7, 11) is 0. The molecule has 0 aliphatic carbocycles. The molecule has 3 N–H and O–H groups in total. The van der Waals surface area contributed by atoms with Crippen LogP contribution in [0.3, 0.4) is 0 Å². The molecule has 3 nitrogen and oxygen atoms in total. The molecule has 0 heterocycles. The summed E-state index contributed by atoms with van der Waals surface area (Å²) < 4.78 is 0. The number of hydrogen-bond donors (Lipinski definition) is 2. The van der Waals surface area contributed by atoms with Crippen molar-refractivity contribution in [1.29, 1.82) is 0 Å². The Balaban J connectivity index is 2.62. The maximum absolute atomic E-state index is 11.7. The maximum Gasteiger partial charge on any atom is 0.228 e. The van der Waals surface area contributed by atoms with Crippen LogP contribution in [0.2, 0.25) is 0 Å². The van der Waals surface area contributed by atoms with Gasteiger partial charge >= 0.3 is 0 Å². The Hall–Kier alpha value is -1.16. The molecular weight excluding hydrogens is 208 g/mol. The van der Waals surface area contributed by atoms with E-state index in [1.54, 1.807) is 23.9 Å². The molecule has 0 radical (unpaired) electrons. The third kappa shape index (κ3) is 3.47. The van der Waals surface area contributed by atoms with Crippen molar-refractivity contribution in [1.82, 2.24) is 0 Å². The maximum atomic E-state index is 11.7. The van der Waals surface area contributed by atoms with Gasteiger partial charge in [0.15, 0.2) is 0 Å². The first-order valence-electron chi connectivity index (χ1n) is 4.79. The van der Waals surface area contributed by atoms with E-state index in [4.69, 9.17) is 5.73 Å². The van der Waals surface area contributed by atoms with E-state index in [0.717, 1.165) is 5.75 Å². The highest BCUT2D eigenvalue weighted by Crippen LogP contribution is 2.18. The summed E-state index contributed by atoms with van der Waals surface area (Å²) in [6, 6.07) is 7.27. The van der Waals surface area contributed by atoms with E-state index in [1.807, 2.05) is 25.3 Å². The number of carbonyl (C=O) groups is 1. The first-order valence-corrected chi connectivity index (χ1v) is 6.19. The summed E-state index contributed by atoms with van der Waals surface area (Å²) >= 11 is 1.66. The third-order valence-electron chi connectivity index (χ3n) is 2.08. The van der Waals surface area contributed by atoms with Gasteiger partial charge in [-0.05, 0) is 18.4 Å². The number of nitrogen functional groups attached to an aromatic ring is 1. The molecule has 0 saturated carbocycles. The summed E-state index contributed by atoms with van der Waals surface area (Å²) in [6.07, 6.45) is 1.99.